The number of rotatable bonds is 2. The number of hydrogen-bond acceptors (Lipinski definition) is 2. The molecule has 2 bridgehead atoms. The van der Waals surface area contributed by atoms with Crippen LogP contribution in [0.4, 0.5) is 0 Å². The van der Waals surface area contributed by atoms with E-state index < -0.39 is 0 Å². The van der Waals surface area contributed by atoms with Gasteiger partial charge in [0.05, 0.1) is 6.10 Å². The normalized spacial score (nSPS) is 34.7. The quantitative estimate of drug-likeness (QED) is 0.900. The predicted octanol–water partition coefficient (Wildman–Crippen LogP) is 3.93. The molecule has 1 N–H and O–H groups in total. The lowest BCUT2D eigenvalue weighted by atomic mass is 9.80. The summed E-state index contributed by atoms with van der Waals surface area (Å²) in [5.74, 6) is 0.697. The SMILES string of the molecule is O[C@H]1Cc2ccccc2C[C@@H]1N1C2CCC1CC(c1ccccc1)C2. The third-order valence-electron chi connectivity index (χ3n) is 6.86. The minimum Gasteiger partial charge on any atom is -0.391 e. The Balaban J connectivity index is 1.38. The minimum atomic E-state index is -0.216. The molecule has 5 rings (SSSR count). The van der Waals surface area contributed by atoms with Crippen LogP contribution in [0.1, 0.15) is 48.3 Å². The second-order valence-electron chi connectivity index (χ2n) is 8.22. The lowest BCUT2D eigenvalue weighted by molar-refractivity contribution is -0.00659. The molecule has 2 aromatic carbocycles. The first-order valence-corrected chi connectivity index (χ1v) is 9.87. The number of aliphatic hydroxyl groups excluding tert-OH is 1. The Morgan fingerprint density at radius 1 is 0.760 bits per heavy atom. The third-order valence-corrected chi connectivity index (χ3v) is 6.86. The summed E-state index contributed by atoms with van der Waals surface area (Å²) in [7, 11) is 0. The molecule has 2 saturated heterocycles. The van der Waals surface area contributed by atoms with Crippen LogP contribution in [0.3, 0.4) is 0 Å². The van der Waals surface area contributed by atoms with Crippen molar-refractivity contribution < 1.29 is 5.11 Å². The van der Waals surface area contributed by atoms with Crippen molar-refractivity contribution in [2.45, 2.75) is 68.7 Å². The molecule has 0 radical (unpaired) electrons. The molecule has 2 unspecified atom stereocenters. The van der Waals surface area contributed by atoms with Crippen molar-refractivity contribution >= 4 is 0 Å². The van der Waals surface area contributed by atoms with Gasteiger partial charge in [0.15, 0.2) is 0 Å². The second-order valence-corrected chi connectivity index (χ2v) is 8.22. The Hall–Kier alpha value is -1.64. The third kappa shape index (κ3) is 2.72. The number of benzene rings is 2. The van der Waals surface area contributed by atoms with E-state index in [0.29, 0.717) is 24.0 Å². The topological polar surface area (TPSA) is 23.5 Å². The van der Waals surface area contributed by atoms with Crippen LogP contribution in [-0.2, 0) is 12.8 Å². The monoisotopic (exact) mass is 333 g/mol. The highest BCUT2D eigenvalue weighted by molar-refractivity contribution is 5.32. The molecule has 0 saturated carbocycles. The molecule has 2 heterocycles. The molecule has 1 aliphatic carbocycles. The predicted molar refractivity (Wildman–Crippen MR) is 101 cm³/mol. The minimum absolute atomic E-state index is 0.216. The molecule has 0 spiro atoms. The van der Waals surface area contributed by atoms with E-state index in [4.69, 9.17) is 0 Å². The summed E-state index contributed by atoms with van der Waals surface area (Å²) in [6, 6.07) is 21.3. The smallest absolute Gasteiger partial charge is 0.0739 e. The summed E-state index contributed by atoms with van der Waals surface area (Å²) in [5.41, 5.74) is 4.30. The molecule has 2 aliphatic heterocycles. The number of piperidine rings is 1. The van der Waals surface area contributed by atoms with Gasteiger partial charge in [-0.25, -0.2) is 0 Å². The first-order chi connectivity index (χ1) is 12.3. The van der Waals surface area contributed by atoms with Gasteiger partial charge in [0.1, 0.15) is 0 Å². The van der Waals surface area contributed by atoms with Gasteiger partial charge < -0.3 is 5.11 Å². The van der Waals surface area contributed by atoms with Crippen LogP contribution in [0, 0.1) is 0 Å². The number of fused-ring (bicyclic) bond motifs is 3. The number of hydrogen-bond donors (Lipinski definition) is 1. The number of aliphatic hydroxyl groups is 1. The summed E-state index contributed by atoms with van der Waals surface area (Å²) in [6.07, 6.45) is 6.74. The number of nitrogens with zero attached hydrogens (tertiary/aromatic N) is 1. The summed E-state index contributed by atoms with van der Waals surface area (Å²) >= 11 is 0. The zero-order valence-corrected chi connectivity index (χ0v) is 14.7. The van der Waals surface area contributed by atoms with Crippen molar-refractivity contribution in [1.82, 2.24) is 4.90 Å². The first-order valence-electron chi connectivity index (χ1n) is 9.87. The van der Waals surface area contributed by atoms with Crippen molar-refractivity contribution in [2.24, 2.45) is 0 Å². The highest BCUT2D eigenvalue weighted by atomic mass is 16.3. The summed E-state index contributed by atoms with van der Waals surface area (Å²) < 4.78 is 0. The van der Waals surface area contributed by atoms with E-state index in [1.54, 1.807) is 0 Å². The molecule has 2 aromatic rings. The zero-order valence-electron chi connectivity index (χ0n) is 14.7. The Bertz CT molecular complexity index is 729. The van der Waals surface area contributed by atoms with Gasteiger partial charge in [-0.1, -0.05) is 54.6 Å². The largest absolute Gasteiger partial charge is 0.391 e. The van der Waals surface area contributed by atoms with Crippen molar-refractivity contribution in [3.8, 4) is 0 Å². The Morgan fingerprint density at radius 3 is 2.04 bits per heavy atom. The average molecular weight is 333 g/mol. The Morgan fingerprint density at radius 2 is 1.36 bits per heavy atom. The van der Waals surface area contributed by atoms with Crippen LogP contribution in [0.15, 0.2) is 54.6 Å². The maximum Gasteiger partial charge on any atom is 0.0739 e. The van der Waals surface area contributed by atoms with Gasteiger partial charge >= 0.3 is 0 Å². The summed E-state index contributed by atoms with van der Waals surface area (Å²) in [4.78, 5) is 2.72. The zero-order chi connectivity index (χ0) is 16.8. The summed E-state index contributed by atoms with van der Waals surface area (Å²) in [5, 5.41) is 10.9. The molecular weight excluding hydrogens is 306 g/mol. The van der Waals surface area contributed by atoms with Gasteiger partial charge in [0.25, 0.3) is 0 Å². The van der Waals surface area contributed by atoms with E-state index in [2.05, 4.69) is 59.5 Å². The first kappa shape index (κ1) is 15.6. The van der Waals surface area contributed by atoms with Crippen molar-refractivity contribution in [3.05, 3.63) is 71.3 Å². The lowest BCUT2D eigenvalue weighted by Crippen LogP contribution is -2.55. The van der Waals surface area contributed by atoms with E-state index in [-0.39, 0.29) is 6.10 Å². The highest BCUT2D eigenvalue weighted by Crippen LogP contribution is 2.45. The fourth-order valence-corrected chi connectivity index (χ4v) is 5.73. The van der Waals surface area contributed by atoms with Crippen molar-refractivity contribution in [3.63, 3.8) is 0 Å². The Labute approximate surface area is 150 Å². The van der Waals surface area contributed by atoms with Gasteiger partial charge in [0.2, 0.25) is 0 Å². The van der Waals surface area contributed by atoms with Gasteiger partial charge in [0, 0.05) is 24.5 Å². The van der Waals surface area contributed by atoms with Crippen LogP contribution in [0.5, 0.6) is 0 Å². The molecule has 2 heteroatoms. The summed E-state index contributed by atoms with van der Waals surface area (Å²) in [6.45, 7) is 0. The van der Waals surface area contributed by atoms with Crippen LogP contribution < -0.4 is 0 Å². The lowest BCUT2D eigenvalue weighted by Gasteiger charge is -2.47. The molecule has 0 aromatic heterocycles. The van der Waals surface area contributed by atoms with Gasteiger partial charge in [-0.15, -0.1) is 0 Å². The van der Waals surface area contributed by atoms with Crippen molar-refractivity contribution in [1.29, 1.82) is 0 Å². The molecule has 2 nitrogen and oxygen atoms in total. The van der Waals surface area contributed by atoms with Gasteiger partial charge in [-0.3, -0.25) is 4.90 Å². The van der Waals surface area contributed by atoms with Gasteiger partial charge in [-0.2, -0.15) is 0 Å². The highest BCUT2D eigenvalue weighted by Gasteiger charge is 2.46. The van der Waals surface area contributed by atoms with Crippen LogP contribution in [-0.4, -0.2) is 34.2 Å². The molecule has 2 fully saturated rings. The average Bonchev–Trinajstić information content (AvgIpc) is 2.91. The molecule has 3 aliphatic rings. The van der Waals surface area contributed by atoms with E-state index in [1.165, 1.54) is 42.4 Å². The molecule has 130 valence electrons. The molecule has 4 atom stereocenters. The fourth-order valence-electron chi connectivity index (χ4n) is 5.73. The van der Waals surface area contributed by atoms with Crippen LogP contribution in [0.2, 0.25) is 0 Å². The maximum absolute atomic E-state index is 10.9. The second kappa shape index (κ2) is 6.26. The van der Waals surface area contributed by atoms with Gasteiger partial charge in [-0.05, 0) is 54.7 Å². The fraction of sp³-hybridized carbons (Fsp3) is 0.478. The van der Waals surface area contributed by atoms with E-state index in [1.807, 2.05) is 0 Å². The standard InChI is InChI=1S/C23H27NO/c25-23-15-18-9-5-4-8-17(18)14-22(23)24-20-10-11-21(24)13-19(12-20)16-6-2-1-3-7-16/h1-9,19-23,25H,10-15H2/t19?,20?,21?,22-,23-/m0/s1. The van der Waals surface area contributed by atoms with E-state index >= 15 is 0 Å². The Kier molecular flexibility index (Phi) is 3.91. The van der Waals surface area contributed by atoms with Crippen LogP contribution >= 0.6 is 0 Å². The van der Waals surface area contributed by atoms with Crippen LogP contribution in [0.25, 0.3) is 0 Å². The van der Waals surface area contributed by atoms with E-state index in [9.17, 15) is 5.11 Å². The van der Waals surface area contributed by atoms with Crippen molar-refractivity contribution in [2.75, 3.05) is 0 Å². The molecule has 25 heavy (non-hydrogen) atoms. The molecule has 0 amide bonds. The van der Waals surface area contributed by atoms with E-state index in [0.717, 1.165) is 12.8 Å². The maximum atomic E-state index is 10.9. The molecular formula is C23H27NO.